The van der Waals surface area contributed by atoms with Crippen molar-refractivity contribution in [2.75, 3.05) is 18.4 Å². The van der Waals surface area contributed by atoms with Crippen LogP contribution in [0.2, 0.25) is 0 Å². The molecule has 8 heteroatoms. The van der Waals surface area contributed by atoms with E-state index in [4.69, 9.17) is 0 Å². The molecular weight excluding hydrogens is 436 g/mol. The molecule has 2 aliphatic rings. The van der Waals surface area contributed by atoms with Gasteiger partial charge in [-0.05, 0) is 42.9 Å². The average Bonchev–Trinajstić information content (AvgIpc) is 3.42. The zero-order valence-electron chi connectivity index (χ0n) is 19.2. The van der Waals surface area contributed by atoms with Gasteiger partial charge in [-0.25, -0.2) is 4.98 Å². The number of nitrogens with zero attached hydrogens (tertiary/aromatic N) is 2. The highest BCUT2D eigenvalue weighted by Crippen LogP contribution is 2.38. The summed E-state index contributed by atoms with van der Waals surface area (Å²) in [6, 6.07) is 6.30. The van der Waals surface area contributed by atoms with Crippen molar-refractivity contribution in [2.45, 2.75) is 46.5 Å². The van der Waals surface area contributed by atoms with Crippen LogP contribution in [0, 0.1) is 18.3 Å². The van der Waals surface area contributed by atoms with Crippen molar-refractivity contribution in [1.29, 1.82) is 0 Å². The maximum absolute atomic E-state index is 12.9. The molecule has 0 radical (unpaired) electrons. The number of amides is 2. The van der Waals surface area contributed by atoms with E-state index in [-0.39, 0.29) is 29.4 Å². The van der Waals surface area contributed by atoms with Crippen LogP contribution < -0.4 is 5.32 Å². The number of likely N-dealkylation sites (tertiary alicyclic amines) is 1. The van der Waals surface area contributed by atoms with E-state index in [1.54, 1.807) is 4.90 Å². The average molecular weight is 465 g/mol. The fraction of sp³-hybridized carbons (Fsp3) is 0.440. The summed E-state index contributed by atoms with van der Waals surface area (Å²) in [5.74, 6) is -0.516. The molecule has 2 amide bonds. The first-order chi connectivity index (χ1) is 15.7. The number of ketones is 1. The fourth-order valence-corrected chi connectivity index (χ4v) is 5.82. The van der Waals surface area contributed by atoms with Crippen molar-refractivity contribution < 1.29 is 14.4 Å². The van der Waals surface area contributed by atoms with Gasteiger partial charge in [0, 0.05) is 43.0 Å². The lowest BCUT2D eigenvalue weighted by atomic mass is 9.78. The number of carbonyl (C=O) groups is 3. The van der Waals surface area contributed by atoms with Crippen LogP contribution in [-0.2, 0) is 22.4 Å². The van der Waals surface area contributed by atoms with Crippen LogP contribution in [0.3, 0.4) is 0 Å². The third-order valence-corrected chi connectivity index (χ3v) is 7.68. The van der Waals surface area contributed by atoms with Crippen LogP contribution in [0.1, 0.15) is 53.2 Å². The third-order valence-electron chi connectivity index (χ3n) is 6.63. The van der Waals surface area contributed by atoms with Crippen LogP contribution in [-0.4, -0.2) is 45.6 Å². The molecule has 0 saturated carbocycles. The fourth-order valence-electron chi connectivity index (χ4n) is 4.90. The second kappa shape index (κ2) is 8.09. The predicted molar refractivity (Wildman–Crippen MR) is 129 cm³/mol. The van der Waals surface area contributed by atoms with Crippen LogP contribution in [0.5, 0.6) is 0 Å². The lowest BCUT2D eigenvalue weighted by Gasteiger charge is -2.26. The number of anilines is 1. The van der Waals surface area contributed by atoms with Gasteiger partial charge in [0.05, 0.1) is 16.5 Å². The van der Waals surface area contributed by atoms with E-state index < -0.39 is 5.92 Å². The number of Topliss-reactive ketones (excluding diaryl/α,β-unsaturated/α-hetero) is 1. The Morgan fingerprint density at radius 2 is 2.12 bits per heavy atom. The standard InChI is InChI=1S/C25H28N4O3S/c1-14-4-5-18-17(8-14)15(12-26-18)6-7-29-13-16(9-21(29)31)23(32)28-24-27-19-10-25(2,3)11-20(30)22(19)33-24/h4-5,8,12,16,26H,6-7,9-11,13H2,1-3H3,(H,27,28,32). The van der Waals surface area contributed by atoms with Crippen molar-refractivity contribution in [3.05, 3.63) is 46.1 Å². The molecule has 3 heterocycles. The number of aromatic amines is 1. The number of hydrogen-bond donors (Lipinski definition) is 2. The van der Waals surface area contributed by atoms with Crippen LogP contribution in [0.25, 0.3) is 10.9 Å². The summed E-state index contributed by atoms with van der Waals surface area (Å²) in [6.45, 7) is 7.17. The molecule has 1 fully saturated rings. The van der Waals surface area contributed by atoms with E-state index in [2.05, 4.69) is 54.3 Å². The van der Waals surface area contributed by atoms with Gasteiger partial charge >= 0.3 is 0 Å². The van der Waals surface area contributed by atoms with Crippen LogP contribution in [0.4, 0.5) is 5.13 Å². The van der Waals surface area contributed by atoms with E-state index in [9.17, 15) is 14.4 Å². The number of hydrogen-bond acceptors (Lipinski definition) is 5. The Balaban J connectivity index is 1.21. The number of fused-ring (bicyclic) bond motifs is 2. The number of nitrogens with one attached hydrogen (secondary N) is 2. The number of H-pyrrole nitrogens is 1. The van der Waals surface area contributed by atoms with Crippen molar-refractivity contribution in [2.24, 2.45) is 11.3 Å². The summed E-state index contributed by atoms with van der Waals surface area (Å²) in [4.78, 5) is 48.1. The number of thiazole rings is 1. The first-order valence-electron chi connectivity index (χ1n) is 11.4. The van der Waals surface area contributed by atoms with E-state index in [1.165, 1.54) is 27.8 Å². The summed E-state index contributed by atoms with van der Waals surface area (Å²) in [5, 5.41) is 4.50. The quantitative estimate of drug-likeness (QED) is 0.594. The highest BCUT2D eigenvalue weighted by atomic mass is 32.1. The number of aryl methyl sites for hydroxylation is 1. The number of carbonyl (C=O) groups excluding carboxylic acids is 3. The van der Waals surface area contributed by atoms with E-state index >= 15 is 0 Å². The molecule has 5 rings (SSSR count). The minimum absolute atomic E-state index is 0.00142. The Morgan fingerprint density at radius 3 is 2.94 bits per heavy atom. The molecule has 1 atom stereocenters. The van der Waals surface area contributed by atoms with Gasteiger partial charge in [-0.2, -0.15) is 0 Å². The van der Waals surface area contributed by atoms with Gasteiger partial charge in [0.1, 0.15) is 0 Å². The topological polar surface area (TPSA) is 95.2 Å². The first kappa shape index (κ1) is 21.8. The molecule has 33 heavy (non-hydrogen) atoms. The molecule has 0 spiro atoms. The molecule has 3 aromatic rings. The lowest BCUT2D eigenvalue weighted by Crippen LogP contribution is -2.30. The number of aromatic nitrogens is 2. The highest BCUT2D eigenvalue weighted by Gasteiger charge is 2.36. The molecule has 7 nitrogen and oxygen atoms in total. The predicted octanol–water partition coefficient (Wildman–Crippen LogP) is 4.12. The van der Waals surface area contributed by atoms with E-state index in [0.717, 1.165) is 24.1 Å². The van der Waals surface area contributed by atoms with Crippen LogP contribution >= 0.6 is 11.3 Å². The lowest BCUT2D eigenvalue weighted by molar-refractivity contribution is -0.128. The molecule has 172 valence electrons. The molecule has 2 aromatic heterocycles. The normalized spacial score (nSPS) is 19.8. The summed E-state index contributed by atoms with van der Waals surface area (Å²) >= 11 is 1.25. The first-order valence-corrected chi connectivity index (χ1v) is 12.2. The number of benzene rings is 1. The summed E-state index contributed by atoms with van der Waals surface area (Å²) in [6.07, 6.45) is 4.17. The zero-order chi connectivity index (χ0) is 23.3. The molecule has 1 aliphatic heterocycles. The van der Waals surface area contributed by atoms with Gasteiger partial charge in [0.2, 0.25) is 11.8 Å². The Hall–Kier alpha value is -3.00. The van der Waals surface area contributed by atoms with Gasteiger partial charge in [0.15, 0.2) is 10.9 Å². The maximum atomic E-state index is 12.9. The molecule has 0 bridgehead atoms. The van der Waals surface area contributed by atoms with Gasteiger partial charge in [0.25, 0.3) is 0 Å². The second-order valence-electron chi connectivity index (χ2n) is 10.1. The summed E-state index contributed by atoms with van der Waals surface area (Å²) in [5.41, 5.74) is 4.13. The van der Waals surface area contributed by atoms with Gasteiger partial charge < -0.3 is 15.2 Å². The minimum atomic E-state index is -0.407. The summed E-state index contributed by atoms with van der Waals surface area (Å²) < 4.78 is 0. The maximum Gasteiger partial charge on any atom is 0.231 e. The molecule has 1 unspecified atom stereocenters. The van der Waals surface area contributed by atoms with E-state index in [0.29, 0.717) is 29.5 Å². The molecule has 1 aromatic carbocycles. The van der Waals surface area contributed by atoms with Crippen molar-refractivity contribution >= 4 is 45.0 Å². The van der Waals surface area contributed by atoms with Crippen LogP contribution in [0.15, 0.2) is 24.4 Å². The van der Waals surface area contributed by atoms with Crippen molar-refractivity contribution in [1.82, 2.24) is 14.9 Å². The highest BCUT2D eigenvalue weighted by molar-refractivity contribution is 7.17. The Morgan fingerprint density at radius 1 is 1.30 bits per heavy atom. The van der Waals surface area contributed by atoms with Crippen molar-refractivity contribution in [3.63, 3.8) is 0 Å². The molecular formula is C25H28N4O3S. The summed E-state index contributed by atoms with van der Waals surface area (Å²) in [7, 11) is 0. The van der Waals surface area contributed by atoms with Gasteiger partial charge in [-0.15, -0.1) is 0 Å². The monoisotopic (exact) mass is 464 g/mol. The van der Waals surface area contributed by atoms with Gasteiger partial charge in [-0.1, -0.05) is 36.8 Å². The Labute approximate surface area is 196 Å². The molecule has 1 saturated heterocycles. The molecule has 2 N–H and O–H groups in total. The Kier molecular flexibility index (Phi) is 5.35. The largest absolute Gasteiger partial charge is 0.361 e. The van der Waals surface area contributed by atoms with Gasteiger partial charge in [-0.3, -0.25) is 14.4 Å². The third kappa shape index (κ3) is 4.31. The SMILES string of the molecule is Cc1ccc2[nH]cc(CCN3CC(C(=O)Nc4nc5c(s4)C(=O)CC(C)(C)C5)CC3=O)c2c1. The smallest absolute Gasteiger partial charge is 0.231 e. The zero-order valence-corrected chi connectivity index (χ0v) is 20.0. The Bertz CT molecular complexity index is 1270. The van der Waals surface area contributed by atoms with Crippen molar-refractivity contribution in [3.8, 4) is 0 Å². The number of rotatable bonds is 5. The molecule has 1 aliphatic carbocycles. The second-order valence-corrected chi connectivity index (χ2v) is 11.1. The van der Waals surface area contributed by atoms with E-state index in [1.807, 2.05) is 6.20 Å². The minimum Gasteiger partial charge on any atom is -0.361 e.